The first-order valence-corrected chi connectivity index (χ1v) is 4.65. The molecule has 0 aromatic carbocycles. The molecule has 13 heavy (non-hydrogen) atoms. The number of rotatable bonds is 4. The van der Waals surface area contributed by atoms with Crippen molar-refractivity contribution < 1.29 is 6.15 Å². The van der Waals surface area contributed by atoms with Gasteiger partial charge in [0, 0.05) is 6.42 Å². The van der Waals surface area contributed by atoms with Gasteiger partial charge in [-0.15, -0.1) is 12.6 Å². The maximum absolute atomic E-state index is 7.12. The van der Waals surface area contributed by atoms with E-state index in [1.165, 1.54) is 0 Å². The molecule has 0 atom stereocenters. The number of nitrogens with two attached hydrogens (primary N) is 1. The molecule has 0 amide bonds. The van der Waals surface area contributed by atoms with Gasteiger partial charge < -0.3 is 10.5 Å². The summed E-state index contributed by atoms with van der Waals surface area (Å²) in [6, 6.07) is 0. The maximum atomic E-state index is 7.12. The smallest absolute Gasteiger partial charge is 0.180 e. The van der Waals surface area contributed by atoms with E-state index in [4.69, 9.17) is 11.6 Å². The first-order valence-electron chi connectivity index (χ1n) is 4.30. The van der Waals surface area contributed by atoms with Crippen molar-refractivity contribution in [2.45, 2.75) is 19.8 Å². The Balaban J connectivity index is 0. The Bertz CT molecular complexity index is 188. The quantitative estimate of drug-likeness (QED) is 0.224. The average molecular weight is 221 g/mol. The van der Waals surface area contributed by atoms with Crippen LogP contribution in [-0.2, 0) is 4.74 Å². The van der Waals surface area contributed by atoms with Gasteiger partial charge in [-0.3, -0.25) is 5.41 Å². The second kappa shape index (κ2) is 11.4. The van der Waals surface area contributed by atoms with Gasteiger partial charge in [-0.2, -0.15) is 0 Å². The minimum Gasteiger partial charge on any atom is -0.477 e. The summed E-state index contributed by atoms with van der Waals surface area (Å²) in [5.41, 5.74) is 1.87. The maximum Gasteiger partial charge on any atom is 0.180 e. The Labute approximate surface area is 91.7 Å². The SMILES string of the molecule is C=CCOC(=N)CCC.[2H]NC(=S)S. The van der Waals surface area contributed by atoms with Gasteiger partial charge >= 0.3 is 0 Å². The molecule has 0 saturated heterocycles. The number of nitrogens with one attached hydrogen (secondary N) is 1. The predicted octanol–water partition coefficient (Wildman–Crippen LogP) is 2.13. The zero-order chi connectivity index (χ0) is 11.4. The molecule has 0 aliphatic rings. The van der Waals surface area contributed by atoms with Crippen molar-refractivity contribution >= 4 is 35.1 Å². The van der Waals surface area contributed by atoms with E-state index in [1.54, 1.807) is 6.08 Å². The molecule has 3 nitrogen and oxygen atoms in total. The number of hydrogen-bond donors (Lipinski definition) is 3. The molecule has 0 radical (unpaired) electrons. The molecule has 0 aromatic heterocycles. The Morgan fingerprint density at radius 2 is 2.46 bits per heavy atom. The standard InChI is InChI=1S/C7H13NO.CH3NS2/c1-3-5-7(8)9-6-4-2;2-1(3)4/h4,8H,2-3,5-6H2,1H3;(H3,2,3,4)/i/hD. The van der Waals surface area contributed by atoms with E-state index in [2.05, 4.69) is 31.4 Å². The lowest BCUT2D eigenvalue weighted by atomic mass is 10.3. The molecule has 0 rings (SSSR count). The summed E-state index contributed by atoms with van der Waals surface area (Å²) in [7, 11) is 0. The van der Waals surface area contributed by atoms with E-state index >= 15 is 0 Å². The highest BCUT2D eigenvalue weighted by Crippen LogP contribution is 1.90. The topological polar surface area (TPSA) is 59.1 Å². The summed E-state index contributed by atoms with van der Waals surface area (Å²) in [5.74, 6) is 0.359. The van der Waals surface area contributed by atoms with Gasteiger partial charge in [0.05, 0.1) is 0 Å². The number of hydrogen-bond acceptors (Lipinski definition) is 3. The minimum atomic E-state index is 0.199. The van der Waals surface area contributed by atoms with Crippen LogP contribution in [0.3, 0.4) is 0 Å². The molecule has 0 saturated carbocycles. The highest BCUT2D eigenvalue weighted by molar-refractivity contribution is 8.10. The molecule has 0 spiro atoms. The van der Waals surface area contributed by atoms with Crippen LogP contribution in [0, 0.1) is 5.41 Å². The summed E-state index contributed by atoms with van der Waals surface area (Å²) in [6.45, 7) is 5.95. The number of thiocarbonyl (C=S) groups is 1. The van der Waals surface area contributed by atoms with Crippen LogP contribution in [0.15, 0.2) is 12.7 Å². The molecular weight excluding hydrogens is 204 g/mol. The van der Waals surface area contributed by atoms with E-state index in [-0.39, 0.29) is 4.32 Å². The van der Waals surface area contributed by atoms with Crippen molar-refractivity contribution in [3.05, 3.63) is 12.7 Å². The third-order valence-corrected chi connectivity index (χ3v) is 0.852. The molecule has 0 bridgehead atoms. The van der Waals surface area contributed by atoms with Crippen LogP contribution in [-0.4, -0.2) is 16.8 Å². The first kappa shape index (κ1) is 12.4. The highest BCUT2D eigenvalue weighted by atomic mass is 32.1. The molecule has 5 heteroatoms. The monoisotopic (exact) mass is 221 g/mol. The normalized spacial score (nSPS) is 8.62. The number of ether oxygens (including phenoxy) is 1. The van der Waals surface area contributed by atoms with Crippen molar-refractivity contribution in [2.75, 3.05) is 6.61 Å². The molecule has 76 valence electrons. The van der Waals surface area contributed by atoms with E-state index in [1.807, 2.05) is 12.7 Å². The lowest BCUT2D eigenvalue weighted by molar-refractivity contribution is 0.335. The van der Waals surface area contributed by atoms with E-state index in [0.29, 0.717) is 12.5 Å². The highest BCUT2D eigenvalue weighted by Gasteiger charge is 1.91. The minimum absolute atomic E-state index is 0.199. The van der Waals surface area contributed by atoms with Crippen molar-refractivity contribution in [1.29, 1.82) is 5.41 Å². The Morgan fingerprint density at radius 3 is 2.77 bits per heavy atom. The van der Waals surface area contributed by atoms with Crippen LogP contribution >= 0.6 is 24.8 Å². The van der Waals surface area contributed by atoms with Crippen LogP contribution in [0.25, 0.3) is 0 Å². The second-order valence-electron chi connectivity index (χ2n) is 2.08. The molecule has 3 N–H and O–H groups in total. The zero-order valence-electron chi connectivity index (χ0n) is 8.67. The van der Waals surface area contributed by atoms with Gasteiger partial charge in [-0.1, -0.05) is 31.8 Å². The summed E-state index contributed by atoms with van der Waals surface area (Å²) in [6.07, 6.45) is 3.34. The van der Waals surface area contributed by atoms with Gasteiger partial charge in [0.15, 0.2) is 7.31 Å². The Morgan fingerprint density at radius 1 is 1.92 bits per heavy atom. The molecule has 0 unspecified atom stereocenters. The van der Waals surface area contributed by atoms with Gasteiger partial charge in [0.25, 0.3) is 0 Å². The van der Waals surface area contributed by atoms with Crippen LogP contribution in [0.5, 0.6) is 0 Å². The van der Waals surface area contributed by atoms with Crippen LogP contribution in [0.2, 0.25) is 1.41 Å². The van der Waals surface area contributed by atoms with E-state index < -0.39 is 0 Å². The van der Waals surface area contributed by atoms with Crippen LogP contribution in [0.4, 0.5) is 0 Å². The van der Waals surface area contributed by atoms with Crippen molar-refractivity contribution in [3.8, 4) is 0 Å². The fourth-order valence-corrected chi connectivity index (χ4v) is 0.459. The molecule has 0 fully saturated rings. The van der Waals surface area contributed by atoms with Crippen LogP contribution < -0.4 is 5.73 Å². The average Bonchev–Trinajstić information content (AvgIpc) is 2.16. The largest absolute Gasteiger partial charge is 0.477 e. The van der Waals surface area contributed by atoms with Crippen molar-refractivity contribution in [1.82, 2.24) is 0 Å². The van der Waals surface area contributed by atoms with Crippen molar-refractivity contribution in [2.24, 2.45) is 5.73 Å². The molecule has 0 aliphatic carbocycles. The second-order valence-corrected chi connectivity index (χ2v) is 3.24. The zero-order valence-corrected chi connectivity index (χ0v) is 9.38. The fraction of sp³-hybridized carbons (Fsp3) is 0.500. The van der Waals surface area contributed by atoms with Gasteiger partial charge in [0.1, 0.15) is 10.9 Å². The first-order chi connectivity index (χ1) is 6.58. The van der Waals surface area contributed by atoms with Crippen LogP contribution in [0.1, 0.15) is 19.8 Å². The van der Waals surface area contributed by atoms with Gasteiger partial charge in [0.2, 0.25) is 0 Å². The summed E-state index contributed by atoms with van der Waals surface area (Å²) < 4.78 is 11.3. The Hall–Kier alpha value is -0.550. The molecular formula is C8H16N2OS2. The molecule has 0 aromatic rings. The van der Waals surface area contributed by atoms with Crippen molar-refractivity contribution in [3.63, 3.8) is 0 Å². The van der Waals surface area contributed by atoms with Gasteiger partial charge in [-0.05, 0) is 6.42 Å². The van der Waals surface area contributed by atoms with Gasteiger partial charge in [-0.25, -0.2) is 0 Å². The summed E-state index contributed by atoms with van der Waals surface area (Å²) in [4.78, 5) is 0. The third kappa shape index (κ3) is 24.6. The summed E-state index contributed by atoms with van der Waals surface area (Å²) >= 11 is 7.79. The Kier molecular flexibility index (Phi) is 11.0. The van der Waals surface area contributed by atoms with E-state index in [0.717, 1.165) is 12.8 Å². The number of thiol groups is 1. The summed E-state index contributed by atoms with van der Waals surface area (Å²) in [5, 5.41) is 7.12. The molecule has 0 heterocycles. The third-order valence-electron chi connectivity index (χ3n) is 0.852. The molecule has 0 aliphatic heterocycles. The lowest BCUT2D eigenvalue weighted by Gasteiger charge is -2.00. The fourth-order valence-electron chi connectivity index (χ4n) is 0.459. The lowest BCUT2D eigenvalue weighted by Crippen LogP contribution is -2.01. The predicted molar refractivity (Wildman–Crippen MR) is 64.6 cm³/mol. The van der Waals surface area contributed by atoms with E-state index in [9.17, 15) is 0 Å².